The summed E-state index contributed by atoms with van der Waals surface area (Å²) in [5.41, 5.74) is 5.39. The smallest absolute Gasteiger partial charge is 0.312 e. The van der Waals surface area contributed by atoms with Gasteiger partial charge in [-0.3, -0.25) is 9.89 Å². The number of hydrogen-bond acceptors (Lipinski definition) is 3. The van der Waals surface area contributed by atoms with Gasteiger partial charge in [0.05, 0.1) is 29.8 Å². The van der Waals surface area contributed by atoms with Crippen LogP contribution >= 0.6 is 0 Å². The summed E-state index contributed by atoms with van der Waals surface area (Å²) in [6.07, 6.45) is 4.13. The number of methoxy groups -OCH3 is 1. The second kappa shape index (κ2) is 6.94. The average Bonchev–Trinajstić information content (AvgIpc) is 3.27. The number of nitrogens with one attached hydrogen (secondary N) is 1. The molecule has 0 spiro atoms. The molecule has 0 atom stereocenters. The van der Waals surface area contributed by atoms with Gasteiger partial charge in [-0.05, 0) is 73.6 Å². The maximum Gasteiger partial charge on any atom is 0.312 e. The van der Waals surface area contributed by atoms with Crippen LogP contribution in [0.4, 0.5) is 4.39 Å². The molecule has 160 valence electrons. The van der Waals surface area contributed by atoms with E-state index in [-0.39, 0.29) is 17.7 Å². The van der Waals surface area contributed by atoms with E-state index in [1.54, 1.807) is 6.92 Å². The van der Waals surface area contributed by atoms with Crippen LogP contribution in [-0.2, 0) is 16.0 Å². The molecular formula is C25H26FN3O2. The molecule has 0 bridgehead atoms. The molecule has 0 radical (unpaired) electrons. The van der Waals surface area contributed by atoms with E-state index in [0.717, 1.165) is 51.6 Å². The van der Waals surface area contributed by atoms with Crippen LogP contribution < -0.4 is 0 Å². The lowest BCUT2D eigenvalue weighted by Crippen LogP contribution is -2.21. The molecule has 5 rings (SSSR count). The normalized spacial score (nSPS) is 15.2. The Kier molecular flexibility index (Phi) is 4.43. The van der Waals surface area contributed by atoms with E-state index in [0.29, 0.717) is 12.0 Å². The third-order valence-electron chi connectivity index (χ3n) is 6.61. The van der Waals surface area contributed by atoms with Crippen LogP contribution in [0.3, 0.4) is 0 Å². The number of nitrogens with zero attached hydrogens (tertiary/aromatic N) is 2. The SMILES string of the molecule is COC(=O)C1(Cc2c(C(C)C)n(-c3ccc(F)c(C)c3)c3cc4cn[nH]c4cc23)CC1. The molecule has 1 fully saturated rings. The van der Waals surface area contributed by atoms with E-state index >= 15 is 0 Å². The van der Waals surface area contributed by atoms with Crippen molar-refractivity contribution >= 4 is 27.8 Å². The molecular weight excluding hydrogens is 393 g/mol. The zero-order valence-electron chi connectivity index (χ0n) is 18.3. The van der Waals surface area contributed by atoms with Crippen molar-refractivity contribution in [2.24, 2.45) is 5.41 Å². The quantitative estimate of drug-likeness (QED) is 0.430. The Morgan fingerprint density at radius 1 is 1.29 bits per heavy atom. The molecule has 6 heteroatoms. The number of ether oxygens (including phenoxy) is 1. The monoisotopic (exact) mass is 419 g/mol. The van der Waals surface area contributed by atoms with Crippen molar-refractivity contribution in [3.8, 4) is 5.69 Å². The number of aromatic nitrogens is 3. The second-order valence-electron chi connectivity index (χ2n) is 9.06. The summed E-state index contributed by atoms with van der Waals surface area (Å²) in [7, 11) is 1.46. The lowest BCUT2D eigenvalue weighted by atomic mass is 9.91. The number of aromatic amines is 1. The first-order valence-electron chi connectivity index (χ1n) is 10.7. The minimum Gasteiger partial charge on any atom is -0.469 e. The first kappa shape index (κ1) is 19.8. The van der Waals surface area contributed by atoms with Gasteiger partial charge in [-0.2, -0.15) is 5.10 Å². The van der Waals surface area contributed by atoms with Crippen LogP contribution in [0.25, 0.3) is 27.5 Å². The largest absolute Gasteiger partial charge is 0.469 e. The van der Waals surface area contributed by atoms with E-state index in [9.17, 15) is 9.18 Å². The first-order chi connectivity index (χ1) is 14.8. The fourth-order valence-corrected chi connectivity index (χ4v) is 4.81. The lowest BCUT2D eigenvalue weighted by Gasteiger charge is -2.18. The third-order valence-corrected chi connectivity index (χ3v) is 6.61. The van der Waals surface area contributed by atoms with Gasteiger partial charge in [0, 0.05) is 22.2 Å². The molecule has 4 aromatic rings. The number of aryl methyl sites for hydroxylation is 1. The van der Waals surface area contributed by atoms with E-state index < -0.39 is 5.41 Å². The summed E-state index contributed by atoms with van der Waals surface area (Å²) in [5, 5.41) is 9.36. The number of esters is 1. The van der Waals surface area contributed by atoms with Gasteiger partial charge in [0.25, 0.3) is 0 Å². The molecule has 1 aliphatic rings. The van der Waals surface area contributed by atoms with Crippen molar-refractivity contribution in [1.82, 2.24) is 14.8 Å². The number of carbonyl (C=O) groups excluding carboxylic acids is 1. The standard InChI is InChI=1S/C25H26FN3O2/c1-14(2)23-19(12-25(7-8-25)24(30)31-4)18-11-21-16(13-27-28-21)10-22(18)29(23)17-5-6-20(26)15(3)9-17/h5-6,9-11,13-14H,7-8,12H2,1-4H3,(H,27,28). The summed E-state index contributed by atoms with van der Waals surface area (Å²) in [5.74, 6) is -0.146. The van der Waals surface area contributed by atoms with Crippen molar-refractivity contribution in [3.05, 3.63) is 59.2 Å². The van der Waals surface area contributed by atoms with Crippen LogP contribution in [-0.4, -0.2) is 27.8 Å². The number of rotatable bonds is 5. The van der Waals surface area contributed by atoms with Gasteiger partial charge in [0.2, 0.25) is 0 Å². The van der Waals surface area contributed by atoms with Gasteiger partial charge < -0.3 is 9.30 Å². The number of halogens is 1. The van der Waals surface area contributed by atoms with Crippen LogP contribution in [0.1, 0.15) is 49.4 Å². The summed E-state index contributed by atoms with van der Waals surface area (Å²) >= 11 is 0. The van der Waals surface area contributed by atoms with E-state index in [4.69, 9.17) is 4.74 Å². The van der Waals surface area contributed by atoms with Gasteiger partial charge in [-0.15, -0.1) is 0 Å². The highest BCUT2D eigenvalue weighted by atomic mass is 19.1. The molecule has 2 aromatic heterocycles. The number of fused-ring (bicyclic) bond motifs is 2. The maximum absolute atomic E-state index is 14.0. The Morgan fingerprint density at radius 2 is 2.06 bits per heavy atom. The Labute approximate surface area is 180 Å². The van der Waals surface area contributed by atoms with Crippen molar-refractivity contribution in [2.45, 2.75) is 46.0 Å². The second-order valence-corrected chi connectivity index (χ2v) is 9.06. The minimum atomic E-state index is -0.445. The van der Waals surface area contributed by atoms with Gasteiger partial charge >= 0.3 is 5.97 Å². The molecule has 1 aliphatic carbocycles. The van der Waals surface area contributed by atoms with Crippen molar-refractivity contribution in [2.75, 3.05) is 7.11 Å². The highest BCUT2D eigenvalue weighted by Gasteiger charge is 2.51. The summed E-state index contributed by atoms with van der Waals surface area (Å²) < 4.78 is 21.4. The molecule has 0 aliphatic heterocycles. The van der Waals surface area contributed by atoms with E-state index in [2.05, 4.69) is 40.7 Å². The maximum atomic E-state index is 14.0. The zero-order valence-corrected chi connectivity index (χ0v) is 18.3. The van der Waals surface area contributed by atoms with Gasteiger partial charge in [-0.25, -0.2) is 4.39 Å². The van der Waals surface area contributed by atoms with E-state index in [1.165, 1.54) is 13.2 Å². The van der Waals surface area contributed by atoms with Crippen molar-refractivity contribution < 1.29 is 13.9 Å². The van der Waals surface area contributed by atoms with Crippen LogP contribution in [0, 0.1) is 18.2 Å². The molecule has 5 nitrogen and oxygen atoms in total. The molecule has 2 heterocycles. The summed E-state index contributed by atoms with van der Waals surface area (Å²) in [4.78, 5) is 12.6. The van der Waals surface area contributed by atoms with Gasteiger partial charge in [-0.1, -0.05) is 13.8 Å². The van der Waals surface area contributed by atoms with Gasteiger partial charge in [0.15, 0.2) is 0 Å². The predicted molar refractivity (Wildman–Crippen MR) is 119 cm³/mol. The highest BCUT2D eigenvalue weighted by molar-refractivity contribution is 5.99. The molecule has 0 amide bonds. The molecule has 0 saturated heterocycles. The Balaban J connectivity index is 1.83. The highest BCUT2D eigenvalue weighted by Crippen LogP contribution is 2.52. The average molecular weight is 420 g/mol. The Morgan fingerprint density at radius 3 is 2.71 bits per heavy atom. The summed E-state index contributed by atoms with van der Waals surface area (Å²) in [6, 6.07) is 9.48. The number of hydrogen-bond donors (Lipinski definition) is 1. The fraction of sp³-hybridized carbons (Fsp3) is 0.360. The minimum absolute atomic E-state index is 0.136. The third kappa shape index (κ3) is 3.04. The molecule has 0 unspecified atom stereocenters. The van der Waals surface area contributed by atoms with Crippen LogP contribution in [0.5, 0.6) is 0 Å². The summed E-state index contributed by atoms with van der Waals surface area (Å²) in [6.45, 7) is 6.11. The predicted octanol–water partition coefficient (Wildman–Crippen LogP) is 5.57. The van der Waals surface area contributed by atoms with Crippen LogP contribution in [0.15, 0.2) is 36.5 Å². The topological polar surface area (TPSA) is 59.9 Å². The van der Waals surface area contributed by atoms with E-state index in [1.807, 2.05) is 18.3 Å². The molecule has 31 heavy (non-hydrogen) atoms. The fourth-order valence-electron chi connectivity index (χ4n) is 4.81. The number of carbonyl (C=O) groups is 1. The lowest BCUT2D eigenvalue weighted by molar-refractivity contribution is -0.147. The number of benzene rings is 2. The van der Waals surface area contributed by atoms with Crippen molar-refractivity contribution in [1.29, 1.82) is 0 Å². The first-order valence-corrected chi connectivity index (χ1v) is 10.7. The zero-order chi connectivity index (χ0) is 21.9. The van der Waals surface area contributed by atoms with Crippen molar-refractivity contribution in [3.63, 3.8) is 0 Å². The number of H-pyrrole nitrogens is 1. The Bertz CT molecular complexity index is 1330. The molecule has 1 N–H and O–H groups in total. The van der Waals surface area contributed by atoms with Gasteiger partial charge in [0.1, 0.15) is 5.82 Å². The molecule has 2 aromatic carbocycles. The Hall–Kier alpha value is -3.15. The van der Waals surface area contributed by atoms with Crippen LogP contribution in [0.2, 0.25) is 0 Å². The molecule has 1 saturated carbocycles.